The molecule has 7 rings (SSSR count). The van der Waals surface area contributed by atoms with Gasteiger partial charge in [0, 0.05) is 51.2 Å². The minimum Gasteiger partial charge on any atom is -0.378 e. The molecule has 4 aromatic carbocycles. The van der Waals surface area contributed by atoms with E-state index >= 15 is 0 Å². The molecule has 3 unspecified atom stereocenters. The molecule has 188 valence electrons. The van der Waals surface area contributed by atoms with Crippen LogP contribution in [0, 0.1) is 12.8 Å². The van der Waals surface area contributed by atoms with Crippen LogP contribution in [0.2, 0.25) is 0 Å². The molecule has 0 saturated carbocycles. The third-order valence-electron chi connectivity index (χ3n) is 8.48. The van der Waals surface area contributed by atoms with Crippen LogP contribution in [-0.2, 0) is 6.54 Å². The number of carbonyl (C=O) groups excluding carboxylic acids is 1. The van der Waals surface area contributed by atoms with Gasteiger partial charge in [0.25, 0.3) is 5.91 Å². The number of anilines is 2. The van der Waals surface area contributed by atoms with Gasteiger partial charge >= 0.3 is 0 Å². The lowest BCUT2D eigenvalue weighted by Gasteiger charge is -2.38. The number of rotatable bonds is 4. The van der Waals surface area contributed by atoms with E-state index in [0.717, 1.165) is 29.9 Å². The summed E-state index contributed by atoms with van der Waals surface area (Å²) in [6, 6.07) is 30.0. The molecular formula is C34H31N3O. The van der Waals surface area contributed by atoms with Crippen molar-refractivity contribution in [1.82, 2.24) is 4.57 Å². The van der Waals surface area contributed by atoms with Crippen molar-refractivity contribution in [2.45, 2.75) is 38.8 Å². The highest BCUT2D eigenvalue weighted by Gasteiger charge is 2.38. The van der Waals surface area contributed by atoms with Gasteiger partial charge in [0.15, 0.2) is 0 Å². The van der Waals surface area contributed by atoms with Gasteiger partial charge in [-0.2, -0.15) is 0 Å². The van der Waals surface area contributed by atoms with E-state index in [2.05, 4.69) is 88.9 Å². The number of amides is 1. The summed E-state index contributed by atoms with van der Waals surface area (Å²) in [5.74, 6) is 0.684. The molecule has 2 N–H and O–H groups in total. The number of carbonyl (C=O) groups is 1. The molecule has 4 heteroatoms. The lowest BCUT2D eigenvalue weighted by Crippen LogP contribution is -2.29. The summed E-state index contributed by atoms with van der Waals surface area (Å²) >= 11 is 0. The Hall–Kier alpha value is -4.31. The molecule has 1 aliphatic heterocycles. The second-order valence-corrected chi connectivity index (χ2v) is 10.6. The Morgan fingerprint density at radius 2 is 1.76 bits per heavy atom. The summed E-state index contributed by atoms with van der Waals surface area (Å²) in [7, 11) is 0. The number of aromatic nitrogens is 1. The lowest BCUT2D eigenvalue weighted by molar-refractivity contribution is 0.102. The Balaban J connectivity index is 1.24. The average molecular weight is 498 g/mol. The molecule has 4 nitrogen and oxygen atoms in total. The zero-order valence-corrected chi connectivity index (χ0v) is 21.7. The van der Waals surface area contributed by atoms with E-state index in [1.165, 1.54) is 32.9 Å². The van der Waals surface area contributed by atoms with Gasteiger partial charge in [0.1, 0.15) is 0 Å². The summed E-state index contributed by atoms with van der Waals surface area (Å²) in [4.78, 5) is 12.9. The number of hydrogen-bond acceptors (Lipinski definition) is 2. The Kier molecular flexibility index (Phi) is 5.36. The van der Waals surface area contributed by atoms with E-state index in [1.54, 1.807) is 0 Å². The Morgan fingerprint density at radius 3 is 2.63 bits per heavy atom. The monoisotopic (exact) mass is 497 g/mol. The normalized spacial score (nSPS) is 19.8. The van der Waals surface area contributed by atoms with Gasteiger partial charge in [0.2, 0.25) is 0 Å². The summed E-state index contributed by atoms with van der Waals surface area (Å²) in [5.41, 5.74) is 8.85. The zero-order chi connectivity index (χ0) is 25.8. The number of fused-ring (bicyclic) bond motifs is 6. The molecule has 1 aliphatic carbocycles. The first-order valence-electron chi connectivity index (χ1n) is 13.6. The Morgan fingerprint density at radius 1 is 0.947 bits per heavy atom. The summed E-state index contributed by atoms with van der Waals surface area (Å²) in [6.07, 6.45) is 5.71. The van der Waals surface area contributed by atoms with Gasteiger partial charge in [-0.15, -0.1) is 0 Å². The summed E-state index contributed by atoms with van der Waals surface area (Å²) in [6.45, 7) is 5.14. The van der Waals surface area contributed by atoms with Crippen LogP contribution in [0.15, 0.2) is 97.1 Å². The van der Waals surface area contributed by atoms with E-state index in [4.69, 9.17) is 0 Å². The maximum Gasteiger partial charge on any atom is 0.255 e. The number of para-hydroxylation sites is 1. The average Bonchev–Trinajstić information content (AvgIpc) is 3.56. The SMILES string of the molecule is CCn1c2ccccc2c2cc(C3Nc4ccc(NC(=O)c5ccccc5C)cc4C4C=CCC43)ccc21. The number of hydrogen-bond donors (Lipinski definition) is 2. The van der Waals surface area contributed by atoms with Crippen LogP contribution in [0.5, 0.6) is 0 Å². The number of aryl methyl sites for hydroxylation is 2. The van der Waals surface area contributed by atoms with Gasteiger partial charge in [-0.25, -0.2) is 0 Å². The molecular weight excluding hydrogens is 466 g/mol. The third kappa shape index (κ3) is 3.55. The van der Waals surface area contributed by atoms with Crippen LogP contribution in [-0.4, -0.2) is 10.5 Å². The quantitative estimate of drug-likeness (QED) is 0.246. The van der Waals surface area contributed by atoms with E-state index in [0.29, 0.717) is 17.4 Å². The van der Waals surface area contributed by atoms with Crippen LogP contribution < -0.4 is 10.6 Å². The highest BCUT2D eigenvalue weighted by molar-refractivity contribution is 6.08. The zero-order valence-electron chi connectivity index (χ0n) is 21.7. The van der Waals surface area contributed by atoms with Crippen molar-refractivity contribution in [2.24, 2.45) is 5.92 Å². The van der Waals surface area contributed by atoms with Gasteiger partial charge in [0.05, 0.1) is 6.04 Å². The molecule has 0 saturated heterocycles. The van der Waals surface area contributed by atoms with Crippen LogP contribution in [0.3, 0.4) is 0 Å². The van der Waals surface area contributed by atoms with Crippen molar-refractivity contribution in [2.75, 3.05) is 10.6 Å². The van der Waals surface area contributed by atoms with Gasteiger partial charge in [-0.1, -0.05) is 54.6 Å². The number of benzene rings is 4. The van der Waals surface area contributed by atoms with Gasteiger partial charge in [-0.3, -0.25) is 4.79 Å². The first-order chi connectivity index (χ1) is 18.6. The van der Waals surface area contributed by atoms with E-state index in [9.17, 15) is 4.79 Å². The number of nitrogens with zero attached hydrogens (tertiary/aromatic N) is 1. The van der Waals surface area contributed by atoms with Gasteiger partial charge in [-0.05, 0) is 85.3 Å². The summed E-state index contributed by atoms with van der Waals surface area (Å²) < 4.78 is 2.41. The molecule has 0 bridgehead atoms. The Labute approximate surface area is 223 Å². The lowest BCUT2D eigenvalue weighted by atomic mass is 9.76. The fourth-order valence-electron chi connectivity index (χ4n) is 6.63. The second-order valence-electron chi connectivity index (χ2n) is 10.6. The minimum atomic E-state index is -0.0669. The first kappa shape index (κ1) is 22.9. The summed E-state index contributed by atoms with van der Waals surface area (Å²) in [5, 5.41) is 9.64. The molecule has 0 spiro atoms. The van der Waals surface area contributed by atoms with Crippen LogP contribution in [0.25, 0.3) is 21.8 Å². The van der Waals surface area contributed by atoms with Crippen LogP contribution >= 0.6 is 0 Å². The van der Waals surface area contributed by atoms with Crippen molar-refractivity contribution in [3.63, 3.8) is 0 Å². The van der Waals surface area contributed by atoms with E-state index < -0.39 is 0 Å². The van der Waals surface area contributed by atoms with Crippen molar-refractivity contribution < 1.29 is 4.79 Å². The van der Waals surface area contributed by atoms with Gasteiger partial charge < -0.3 is 15.2 Å². The molecule has 1 amide bonds. The standard InChI is InChI=1S/C34H31N3O/c1-3-37-31-14-7-6-11-26(31)29-19-22(15-18-32(29)37)33-27-13-8-12-25(27)28-20-23(16-17-30(28)36-33)35-34(38)24-10-5-4-9-21(24)2/h4-12,14-20,25,27,33,36H,3,13H2,1-2H3,(H,35,38). The minimum absolute atomic E-state index is 0.0669. The fourth-order valence-corrected chi connectivity index (χ4v) is 6.63. The second kappa shape index (κ2) is 8.91. The molecule has 1 aromatic heterocycles. The first-order valence-corrected chi connectivity index (χ1v) is 13.6. The number of nitrogens with one attached hydrogen (secondary N) is 2. The predicted molar refractivity (Wildman–Crippen MR) is 157 cm³/mol. The molecule has 5 aromatic rings. The van der Waals surface area contributed by atoms with Crippen molar-refractivity contribution in [3.8, 4) is 0 Å². The van der Waals surface area contributed by atoms with E-state index in [1.807, 2.05) is 37.3 Å². The molecule has 0 radical (unpaired) electrons. The van der Waals surface area contributed by atoms with Crippen molar-refractivity contribution >= 4 is 39.1 Å². The van der Waals surface area contributed by atoms with Crippen LogP contribution in [0.4, 0.5) is 11.4 Å². The van der Waals surface area contributed by atoms with Crippen molar-refractivity contribution in [3.05, 3.63) is 119 Å². The Bertz CT molecular complexity index is 1740. The van der Waals surface area contributed by atoms with E-state index in [-0.39, 0.29) is 11.9 Å². The third-order valence-corrected chi connectivity index (χ3v) is 8.48. The fraction of sp³-hybridized carbons (Fsp3) is 0.206. The molecule has 3 atom stereocenters. The topological polar surface area (TPSA) is 46.1 Å². The molecule has 2 aliphatic rings. The smallest absolute Gasteiger partial charge is 0.255 e. The predicted octanol–water partition coefficient (Wildman–Crippen LogP) is 8.20. The molecule has 2 heterocycles. The molecule has 0 fully saturated rings. The maximum atomic E-state index is 12.9. The van der Waals surface area contributed by atoms with Crippen molar-refractivity contribution in [1.29, 1.82) is 0 Å². The molecule has 38 heavy (non-hydrogen) atoms. The highest BCUT2D eigenvalue weighted by atomic mass is 16.1. The largest absolute Gasteiger partial charge is 0.378 e. The highest BCUT2D eigenvalue weighted by Crippen LogP contribution is 2.50. The van der Waals surface area contributed by atoms with Crippen LogP contribution in [0.1, 0.15) is 52.4 Å². The maximum absolute atomic E-state index is 12.9. The number of allylic oxidation sites excluding steroid dienone is 2.